The zero-order valence-electron chi connectivity index (χ0n) is 15.8. The molecule has 4 aromatic rings. The topological polar surface area (TPSA) is 97.1 Å². The van der Waals surface area contributed by atoms with Crippen molar-refractivity contribution in [1.82, 2.24) is 19.1 Å². The predicted octanol–water partition coefficient (Wildman–Crippen LogP) is 3.33. The highest BCUT2D eigenvalue weighted by Crippen LogP contribution is 2.22. The fourth-order valence-electron chi connectivity index (χ4n) is 2.98. The third-order valence-electron chi connectivity index (χ3n) is 4.54. The number of aromatic nitrogens is 4. The number of nitrogens with zero attached hydrogens (tertiary/aromatic N) is 4. The summed E-state index contributed by atoms with van der Waals surface area (Å²) in [4.78, 5) is 31.3. The molecule has 0 saturated heterocycles. The Labute approximate surface area is 184 Å². The Morgan fingerprint density at radius 1 is 1.20 bits per heavy atom. The minimum Gasteiger partial charge on any atom is -0.298 e. The van der Waals surface area contributed by atoms with Gasteiger partial charge in [0.1, 0.15) is 0 Å². The molecule has 0 amide bonds. The molecule has 0 bridgehead atoms. The molecule has 0 radical (unpaired) electrons. The van der Waals surface area contributed by atoms with Gasteiger partial charge in [0.05, 0.1) is 12.8 Å². The number of fused-ring (bicyclic) bond motifs is 1. The Balaban J connectivity index is 1.79. The van der Waals surface area contributed by atoms with Crippen molar-refractivity contribution < 1.29 is 0 Å². The zero-order chi connectivity index (χ0) is 21.3. The van der Waals surface area contributed by atoms with Gasteiger partial charge in [-0.05, 0) is 29.3 Å². The lowest BCUT2D eigenvalue weighted by Crippen LogP contribution is -2.29. The van der Waals surface area contributed by atoms with Crippen LogP contribution in [0.15, 0.2) is 67.7 Å². The SMILES string of the molecule is Cn1c(=O)[nH]c(=O)c2c1nc(N/N=C/c1ccc(Br)cc1)n2Cc1ccccc1Cl. The van der Waals surface area contributed by atoms with Gasteiger partial charge in [0.25, 0.3) is 5.56 Å². The number of anilines is 1. The van der Waals surface area contributed by atoms with E-state index in [2.05, 4.69) is 36.4 Å². The molecule has 0 atom stereocenters. The van der Waals surface area contributed by atoms with Crippen LogP contribution in [0.5, 0.6) is 0 Å². The van der Waals surface area contributed by atoms with E-state index in [-0.39, 0.29) is 17.7 Å². The number of imidazole rings is 1. The molecule has 0 aliphatic heterocycles. The van der Waals surface area contributed by atoms with Crippen molar-refractivity contribution in [1.29, 1.82) is 0 Å². The van der Waals surface area contributed by atoms with Crippen molar-refractivity contribution in [3.63, 3.8) is 0 Å². The predicted molar refractivity (Wildman–Crippen MR) is 122 cm³/mol. The molecular formula is C20H16BrClN6O2. The molecule has 2 N–H and O–H groups in total. The summed E-state index contributed by atoms with van der Waals surface area (Å²) in [7, 11) is 1.54. The van der Waals surface area contributed by atoms with Crippen molar-refractivity contribution >= 4 is 50.9 Å². The molecular weight excluding hydrogens is 472 g/mol. The molecule has 0 aliphatic carbocycles. The highest BCUT2D eigenvalue weighted by atomic mass is 79.9. The Bertz CT molecular complexity index is 1370. The number of H-pyrrole nitrogens is 1. The largest absolute Gasteiger partial charge is 0.329 e. The van der Waals surface area contributed by atoms with E-state index in [9.17, 15) is 9.59 Å². The van der Waals surface area contributed by atoms with Gasteiger partial charge in [0.2, 0.25) is 5.95 Å². The number of hydrogen-bond acceptors (Lipinski definition) is 5. The number of hydrazone groups is 1. The Hall–Kier alpha value is -3.17. The first kappa shape index (κ1) is 20.1. The number of nitrogens with one attached hydrogen (secondary N) is 2. The summed E-state index contributed by atoms with van der Waals surface area (Å²) in [5.74, 6) is 0.310. The Morgan fingerprint density at radius 3 is 2.67 bits per heavy atom. The highest BCUT2D eigenvalue weighted by molar-refractivity contribution is 9.10. The lowest BCUT2D eigenvalue weighted by Gasteiger charge is -2.09. The second-order valence-corrected chi connectivity index (χ2v) is 7.85. The number of hydrogen-bond donors (Lipinski definition) is 2. The first-order chi connectivity index (χ1) is 14.4. The van der Waals surface area contributed by atoms with Crippen molar-refractivity contribution in [3.05, 3.63) is 90.0 Å². The monoisotopic (exact) mass is 486 g/mol. The minimum absolute atomic E-state index is 0.247. The van der Waals surface area contributed by atoms with Crippen LogP contribution >= 0.6 is 27.5 Å². The summed E-state index contributed by atoms with van der Waals surface area (Å²) in [5, 5.41) is 4.80. The van der Waals surface area contributed by atoms with Crippen LogP contribution in [0.3, 0.4) is 0 Å². The molecule has 30 heavy (non-hydrogen) atoms. The average molecular weight is 488 g/mol. The number of rotatable bonds is 5. The van der Waals surface area contributed by atoms with Crippen molar-refractivity contribution in [3.8, 4) is 0 Å². The lowest BCUT2D eigenvalue weighted by molar-refractivity contribution is 0.808. The maximum absolute atomic E-state index is 12.6. The molecule has 0 spiro atoms. The third-order valence-corrected chi connectivity index (χ3v) is 5.44. The Morgan fingerprint density at radius 2 is 1.93 bits per heavy atom. The molecule has 2 aromatic heterocycles. The maximum Gasteiger partial charge on any atom is 0.329 e. The molecule has 0 aliphatic rings. The van der Waals surface area contributed by atoms with Crippen molar-refractivity contribution in [2.75, 3.05) is 5.43 Å². The van der Waals surface area contributed by atoms with Gasteiger partial charge >= 0.3 is 5.69 Å². The fourth-order valence-corrected chi connectivity index (χ4v) is 3.44. The van der Waals surface area contributed by atoms with Gasteiger partial charge in [-0.2, -0.15) is 10.1 Å². The van der Waals surface area contributed by atoms with Gasteiger partial charge in [-0.15, -0.1) is 0 Å². The molecule has 2 aromatic carbocycles. The summed E-state index contributed by atoms with van der Waals surface area (Å²) in [6.45, 7) is 0.271. The first-order valence-electron chi connectivity index (χ1n) is 8.91. The lowest BCUT2D eigenvalue weighted by atomic mass is 10.2. The van der Waals surface area contributed by atoms with Gasteiger partial charge in [-0.25, -0.2) is 10.2 Å². The summed E-state index contributed by atoms with van der Waals surface area (Å²) in [6.07, 6.45) is 1.63. The van der Waals surface area contributed by atoms with E-state index in [1.807, 2.05) is 42.5 Å². The minimum atomic E-state index is -0.542. The van der Waals surface area contributed by atoms with Gasteiger partial charge in [-0.3, -0.25) is 18.9 Å². The Kier molecular flexibility index (Phi) is 5.56. The molecule has 152 valence electrons. The first-order valence-corrected chi connectivity index (χ1v) is 10.1. The van der Waals surface area contributed by atoms with Crippen LogP contribution in [-0.4, -0.2) is 25.3 Å². The zero-order valence-corrected chi connectivity index (χ0v) is 18.1. The van der Waals surface area contributed by atoms with Crippen molar-refractivity contribution in [2.24, 2.45) is 12.1 Å². The van der Waals surface area contributed by atoms with E-state index in [4.69, 9.17) is 11.6 Å². The quantitative estimate of drug-likeness (QED) is 0.333. The summed E-state index contributed by atoms with van der Waals surface area (Å²) >= 11 is 9.70. The molecule has 2 heterocycles. The smallest absolute Gasteiger partial charge is 0.298 e. The van der Waals surface area contributed by atoms with E-state index < -0.39 is 11.2 Å². The van der Waals surface area contributed by atoms with Crippen molar-refractivity contribution in [2.45, 2.75) is 6.54 Å². The molecule has 8 nitrogen and oxygen atoms in total. The average Bonchev–Trinajstić information content (AvgIpc) is 3.08. The number of aryl methyl sites for hydroxylation is 1. The summed E-state index contributed by atoms with van der Waals surface area (Å²) in [5.41, 5.74) is 3.98. The van der Waals surface area contributed by atoms with Gasteiger partial charge in [0, 0.05) is 16.5 Å². The van der Waals surface area contributed by atoms with Crippen LogP contribution in [0.2, 0.25) is 5.02 Å². The molecule has 0 saturated carbocycles. The highest BCUT2D eigenvalue weighted by Gasteiger charge is 2.18. The van der Waals surface area contributed by atoms with Crippen LogP contribution in [-0.2, 0) is 13.6 Å². The summed E-state index contributed by atoms with van der Waals surface area (Å²) < 4.78 is 3.89. The van der Waals surface area contributed by atoms with Crippen LogP contribution < -0.4 is 16.7 Å². The van der Waals surface area contributed by atoms with Crippen LogP contribution in [0.1, 0.15) is 11.1 Å². The molecule has 0 fully saturated rings. The number of aromatic amines is 1. The molecule has 0 unspecified atom stereocenters. The van der Waals surface area contributed by atoms with E-state index >= 15 is 0 Å². The van der Waals surface area contributed by atoms with Crippen LogP contribution in [0.4, 0.5) is 5.95 Å². The normalized spacial score (nSPS) is 11.4. The van der Waals surface area contributed by atoms with E-state index in [1.165, 1.54) is 4.57 Å². The second kappa shape index (κ2) is 8.29. The van der Waals surface area contributed by atoms with Gasteiger partial charge < -0.3 is 0 Å². The third kappa shape index (κ3) is 3.94. The van der Waals surface area contributed by atoms with Crippen LogP contribution in [0, 0.1) is 0 Å². The van der Waals surface area contributed by atoms with E-state index in [1.54, 1.807) is 23.9 Å². The van der Waals surface area contributed by atoms with E-state index in [0.717, 1.165) is 15.6 Å². The maximum atomic E-state index is 12.6. The number of benzene rings is 2. The molecule has 10 heteroatoms. The van der Waals surface area contributed by atoms with E-state index in [0.29, 0.717) is 11.0 Å². The van der Waals surface area contributed by atoms with Gasteiger partial charge in [0.15, 0.2) is 11.2 Å². The number of halogens is 2. The van der Waals surface area contributed by atoms with Crippen LogP contribution in [0.25, 0.3) is 11.2 Å². The summed E-state index contributed by atoms with van der Waals surface area (Å²) in [6, 6.07) is 14.9. The second-order valence-electron chi connectivity index (χ2n) is 6.53. The van der Waals surface area contributed by atoms with Gasteiger partial charge in [-0.1, -0.05) is 57.9 Å². The standard InChI is InChI=1S/C20H16BrClN6O2/c1-27-17-16(18(29)25-20(27)30)28(11-13-4-2-3-5-15(13)22)19(24-17)26-23-10-12-6-8-14(21)9-7-12/h2-10H,11H2,1H3,(H,24,26)(H,25,29,30)/b23-10+. The fraction of sp³-hybridized carbons (Fsp3) is 0.100. The molecule has 4 rings (SSSR count).